The highest BCUT2D eigenvalue weighted by Gasteiger charge is 2.25. The van der Waals surface area contributed by atoms with E-state index in [1.54, 1.807) is 0 Å². The molecular weight excluding hydrogens is 352 g/mol. The fraction of sp³-hybridized carbons (Fsp3) is 0.704. The molecule has 1 saturated carbocycles. The Hall–Kier alpha value is -1.44. The van der Waals surface area contributed by atoms with E-state index in [0.717, 1.165) is 6.67 Å². The topological polar surface area (TPSA) is 6.48 Å². The summed E-state index contributed by atoms with van der Waals surface area (Å²) < 4.78 is 0. The van der Waals surface area contributed by atoms with E-state index in [1.807, 2.05) is 0 Å². The highest BCUT2D eigenvalue weighted by molar-refractivity contribution is 5.64. The third kappa shape index (κ3) is 6.03. The molecule has 0 bridgehead atoms. The van der Waals surface area contributed by atoms with Gasteiger partial charge in [-0.1, -0.05) is 104 Å². The van der Waals surface area contributed by atoms with Crippen molar-refractivity contribution in [3.05, 3.63) is 41.7 Å². The molecular formula is C27H44N2. The van der Waals surface area contributed by atoms with E-state index < -0.39 is 0 Å². The first-order valence-corrected chi connectivity index (χ1v) is 12.4. The Balaban J connectivity index is 1.72. The zero-order valence-electron chi connectivity index (χ0n) is 19.5. The van der Waals surface area contributed by atoms with Crippen molar-refractivity contribution in [3.63, 3.8) is 0 Å². The average Bonchev–Trinajstić information content (AvgIpc) is 3.17. The largest absolute Gasteiger partial charge is 0.355 e. The van der Waals surface area contributed by atoms with Gasteiger partial charge in [-0.05, 0) is 35.8 Å². The summed E-state index contributed by atoms with van der Waals surface area (Å²) in [6.07, 6.45) is 20.3. The Labute approximate surface area is 180 Å². The smallest absolute Gasteiger partial charge is 0.0944 e. The average molecular weight is 397 g/mol. The van der Waals surface area contributed by atoms with E-state index in [2.05, 4.69) is 68.1 Å². The fourth-order valence-corrected chi connectivity index (χ4v) is 5.14. The van der Waals surface area contributed by atoms with E-state index in [1.165, 1.54) is 87.4 Å². The van der Waals surface area contributed by atoms with Crippen molar-refractivity contribution in [1.82, 2.24) is 4.90 Å². The van der Waals surface area contributed by atoms with Gasteiger partial charge < -0.3 is 9.80 Å². The van der Waals surface area contributed by atoms with Crippen LogP contribution in [0, 0.1) is 0 Å². The molecule has 1 heterocycles. The van der Waals surface area contributed by atoms with Gasteiger partial charge in [0.25, 0.3) is 0 Å². The Morgan fingerprint density at radius 1 is 0.690 bits per heavy atom. The molecule has 0 spiro atoms. The molecule has 1 fully saturated rings. The van der Waals surface area contributed by atoms with Crippen LogP contribution in [-0.2, 0) is 0 Å². The summed E-state index contributed by atoms with van der Waals surface area (Å²) in [6, 6.07) is 7.62. The number of benzene rings is 1. The molecule has 29 heavy (non-hydrogen) atoms. The monoisotopic (exact) mass is 396 g/mol. The summed E-state index contributed by atoms with van der Waals surface area (Å²) >= 11 is 0. The molecule has 1 aliphatic carbocycles. The zero-order valence-corrected chi connectivity index (χ0v) is 19.5. The van der Waals surface area contributed by atoms with Gasteiger partial charge in [0.1, 0.15) is 0 Å². The zero-order chi connectivity index (χ0) is 20.6. The van der Waals surface area contributed by atoms with E-state index >= 15 is 0 Å². The van der Waals surface area contributed by atoms with Gasteiger partial charge in [-0.3, -0.25) is 0 Å². The first-order chi connectivity index (χ1) is 14.1. The van der Waals surface area contributed by atoms with Crippen LogP contribution in [0.25, 0.3) is 0 Å². The minimum absolute atomic E-state index is 0.549. The van der Waals surface area contributed by atoms with E-state index in [9.17, 15) is 0 Å². The SMILES string of the molecule is CC(C)c1cccc(C(C)C)c1N1C=CN(C2CCCCCCCCCCC2)C1. The first kappa shape index (κ1) is 22.2. The van der Waals surface area contributed by atoms with Gasteiger partial charge in [-0.25, -0.2) is 0 Å². The lowest BCUT2D eigenvalue weighted by Gasteiger charge is -2.32. The molecule has 2 nitrogen and oxygen atoms in total. The van der Waals surface area contributed by atoms with Gasteiger partial charge >= 0.3 is 0 Å². The molecule has 0 radical (unpaired) electrons. The minimum Gasteiger partial charge on any atom is -0.355 e. The van der Waals surface area contributed by atoms with Crippen LogP contribution in [0.3, 0.4) is 0 Å². The maximum atomic E-state index is 2.65. The van der Waals surface area contributed by atoms with Crippen LogP contribution in [0.4, 0.5) is 5.69 Å². The Kier molecular flexibility index (Phi) is 8.51. The Morgan fingerprint density at radius 2 is 1.17 bits per heavy atom. The van der Waals surface area contributed by atoms with E-state index in [-0.39, 0.29) is 0 Å². The lowest BCUT2D eigenvalue weighted by atomic mass is 9.92. The van der Waals surface area contributed by atoms with Gasteiger partial charge in [0.2, 0.25) is 0 Å². The molecule has 0 unspecified atom stereocenters. The van der Waals surface area contributed by atoms with Crippen LogP contribution in [-0.4, -0.2) is 17.6 Å². The number of rotatable bonds is 4. The predicted octanol–water partition coefficient (Wildman–Crippen LogP) is 8.16. The van der Waals surface area contributed by atoms with Crippen LogP contribution in [0.1, 0.15) is 121 Å². The van der Waals surface area contributed by atoms with Crippen molar-refractivity contribution in [2.75, 3.05) is 11.6 Å². The first-order valence-electron chi connectivity index (χ1n) is 12.4. The number of para-hydroxylation sites is 1. The highest BCUT2D eigenvalue weighted by atomic mass is 15.4. The predicted molar refractivity (Wildman–Crippen MR) is 128 cm³/mol. The second-order valence-corrected chi connectivity index (χ2v) is 9.93. The van der Waals surface area contributed by atoms with E-state index in [0.29, 0.717) is 17.9 Å². The molecule has 1 aromatic rings. The molecule has 2 aliphatic rings. The van der Waals surface area contributed by atoms with Crippen LogP contribution >= 0.6 is 0 Å². The molecule has 0 aromatic heterocycles. The summed E-state index contributed by atoms with van der Waals surface area (Å²) in [5.41, 5.74) is 4.44. The molecule has 0 saturated heterocycles. The Morgan fingerprint density at radius 3 is 1.66 bits per heavy atom. The molecule has 1 aliphatic heterocycles. The third-order valence-electron chi connectivity index (χ3n) is 6.93. The molecule has 162 valence electrons. The van der Waals surface area contributed by atoms with Crippen molar-refractivity contribution in [1.29, 1.82) is 0 Å². The van der Waals surface area contributed by atoms with Crippen LogP contribution in [0.2, 0.25) is 0 Å². The Bertz CT molecular complexity index is 608. The molecule has 3 rings (SSSR count). The number of nitrogens with zero attached hydrogens (tertiary/aromatic N) is 2. The maximum Gasteiger partial charge on any atom is 0.0944 e. The van der Waals surface area contributed by atoms with Gasteiger partial charge in [0, 0.05) is 24.1 Å². The van der Waals surface area contributed by atoms with Crippen molar-refractivity contribution < 1.29 is 0 Å². The maximum absolute atomic E-state index is 2.65. The molecule has 0 atom stereocenters. The normalized spacial score (nSPS) is 20.3. The fourth-order valence-electron chi connectivity index (χ4n) is 5.14. The lowest BCUT2D eigenvalue weighted by Crippen LogP contribution is -2.34. The molecule has 2 heteroatoms. The van der Waals surface area contributed by atoms with Crippen LogP contribution in [0.15, 0.2) is 30.6 Å². The summed E-state index contributed by atoms with van der Waals surface area (Å²) in [6.45, 7) is 10.3. The van der Waals surface area contributed by atoms with Crippen molar-refractivity contribution in [3.8, 4) is 0 Å². The van der Waals surface area contributed by atoms with Crippen LogP contribution < -0.4 is 4.90 Å². The van der Waals surface area contributed by atoms with Crippen molar-refractivity contribution in [2.45, 2.75) is 116 Å². The van der Waals surface area contributed by atoms with Crippen molar-refractivity contribution in [2.24, 2.45) is 0 Å². The van der Waals surface area contributed by atoms with Gasteiger partial charge in [0.05, 0.1) is 6.67 Å². The van der Waals surface area contributed by atoms with Crippen molar-refractivity contribution >= 4 is 5.69 Å². The van der Waals surface area contributed by atoms with Crippen LogP contribution in [0.5, 0.6) is 0 Å². The molecule has 0 amide bonds. The summed E-state index contributed by atoms with van der Waals surface area (Å²) in [7, 11) is 0. The number of anilines is 1. The quantitative estimate of drug-likeness (QED) is 0.506. The van der Waals surface area contributed by atoms with E-state index in [4.69, 9.17) is 0 Å². The van der Waals surface area contributed by atoms with Gasteiger partial charge in [-0.2, -0.15) is 0 Å². The lowest BCUT2D eigenvalue weighted by molar-refractivity contribution is 0.252. The summed E-state index contributed by atoms with van der Waals surface area (Å²) in [5.74, 6) is 1.10. The summed E-state index contributed by atoms with van der Waals surface area (Å²) in [4.78, 5) is 5.17. The number of hydrogen-bond acceptors (Lipinski definition) is 2. The molecule has 0 N–H and O–H groups in total. The molecule has 1 aromatic carbocycles. The van der Waals surface area contributed by atoms with Gasteiger partial charge in [0.15, 0.2) is 0 Å². The minimum atomic E-state index is 0.549. The third-order valence-corrected chi connectivity index (χ3v) is 6.93. The van der Waals surface area contributed by atoms with Gasteiger partial charge in [-0.15, -0.1) is 0 Å². The number of hydrogen-bond donors (Lipinski definition) is 0. The second-order valence-electron chi connectivity index (χ2n) is 9.93. The summed E-state index contributed by atoms with van der Waals surface area (Å²) in [5, 5.41) is 0. The standard InChI is InChI=1S/C27H44N2/c1-22(2)25-17-14-18-26(23(3)4)27(25)29-20-19-28(21-29)24-15-12-10-8-6-5-7-9-11-13-16-24/h14,17-20,22-24H,5-13,15-16,21H2,1-4H3. The highest BCUT2D eigenvalue weighted by Crippen LogP contribution is 2.37. The second kappa shape index (κ2) is 11.1.